The Hall–Kier alpha value is -4.20. The number of aromatic hydroxyl groups is 1. The summed E-state index contributed by atoms with van der Waals surface area (Å²) < 4.78 is 0. The lowest BCUT2D eigenvalue weighted by molar-refractivity contribution is -0.123. The second-order valence-electron chi connectivity index (χ2n) is 12.0. The van der Waals surface area contributed by atoms with Gasteiger partial charge in [0.1, 0.15) is 5.75 Å². The molecule has 224 valence electrons. The largest absolute Gasteiger partial charge is 0.508 e. The minimum absolute atomic E-state index is 0.0453. The average Bonchev–Trinajstić information content (AvgIpc) is 3.25. The molecule has 0 radical (unpaired) electrons. The highest BCUT2D eigenvalue weighted by atomic mass is 16.3. The number of fused-ring (bicyclic) bond motifs is 1. The molecule has 1 fully saturated rings. The van der Waals surface area contributed by atoms with Gasteiger partial charge in [0.05, 0.1) is 30.2 Å². The number of benzene rings is 3. The van der Waals surface area contributed by atoms with Crippen molar-refractivity contribution in [3.63, 3.8) is 0 Å². The smallest absolute Gasteiger partial charge is 0.238 e. The van der Waals surface area contributed by atoms with Gasteiger partial charge in [-0.2, -0.15) is 0 Å². The number of imide groups is 1. The Balaban J connectivity index is 1.36. The molecule has 0 aromatic heterocycles. The topological polar surface area (TPSA) is 110 Å². The van der Waals surface area contributed by atoms with E-state index in [2.05, 4.69) is 5.32 Å². The average molecular weight is 581 g/mol. The first-order valence-electron chi connectivity index (χ1n) is 15.0. The molecule has 1 heterocycles. The highest BCUT2D eigenvalue weighted by Crippen LogP contribution is 2.49. The molecule has 0 spiro atoms. The number of amides is 2. The number of aliphatic hydroxyl groups is 2. The van der Waals surface area contributed by atoms with E-state index in [9.17, 15) is 24.9 Å². The number of allylic oxidation sites excluding steroid dienone is 2. The zero-order valence-electron chi connectivity index (χ0n) is 24.9. The molecule has 3 aromatic rings. The van der Waals surface area contributed by atoms with Crippen molar-refractivity contribution in [2.75, 3.05) is 16.8 Å². The number of aliphatic hydroxyl groups excluding tert-OH is 2. The van der Waals surface area contributed by atoms with Gasteiger partial charge in [-0.05, 0) is 91.8 Å². The Morgan fingerprint density at radius 3 is 2.33 bits per heavy atom. The van der Waals surface area contributed by atoms with Crippen LogP contribution in [0.3, 0.4) is 0 Å². The number of phenols is 1. The van der Waals surface area contributed by atoms with E-state index in [0.717, 1.165) is 28.1 Å². The number of hydrogen-bond donors (Lipinski definition) is 4. The number of para-hydroxylation sites is 1. The Bertz CT molecular complexity index is 1530. The third-order valence-electron chi connectivity index (χ3n) is 8.66. The summed E-state index contributed by atoms with van der Waals surface area (Å²) in [6.45, 7) is 5.71. The first kappa shape index (κ1) is 30.3. The van der Waals surface area contributed by atoms with E-state index in [1.54, 1.807) is 30.3 Å². The summed E-state index contributed by atoms with van der Waals surface area (Å²) >= 11 is 0. The molecule has 7 nitrogen and oxygen atoms in total. The SMILES string of the molecule is C/C(=C\c1cccc(O)c1)CC[C@@H](O)C1=C(C(C)C)C[C@H]2C(=O)N(c3ccc(Nc4ccccc4)cc3)C(=O)[C@H]2[C@H]1CO. The van der Waals surface area contributed by atoms with Crippen molar-refractivity contribution in [3.05, 3.63) is 101 Å². The first-order valence-corrected chi connectivity index (χ1v) is 15.0. The number of nitrogens with one attached hydrogen (secondary N) is 1. The number of anilines is 3. The summed E-state index contributed by atoms with van der Waals surface area (Å²) in [6, 6.07) is 24.0. The zero-order valence-corrected chi connectivity index (χ0v) is 24.9. The highest BCUT2D eigenvalue weighted by molar-refractivity contribution is 6.22. The Morgan fingerprint density at radius 1 is 0.977 bits per heavy atom. The predicted octanol–water partition coefficient (Wildman–Crippen LogP) is 6.45. The van der Waals surface area contributed by atoms with Crippen LogP contribution in [0.1, 0.15) is 45.6 Å². The van der Waals surface area contributed by atoms with Crippen LogP contribution in [-0.4, -0.2) is 39.8 Å². The van der Waals surface area contributed by atoms with Gasteiger partial charge in [-0.15, -0.1) is 0 Å². The summed E-state index contributed by atoms with van der Waals surface area (Å²) in [7, 11) is 0. The fraction of sp³-hybridized carbons (Fsp3) is 0.333. The number of phenolic OH excluding ortho intramolecular Hbond substituents is 1. The molecule has 1 saturated heterocycles. The lowest BCUT2D eigenvalue weighted by Crippen LogP contribution is -2.39. The van der Waals surface area contributed by atoms with Gasteiger partial charge >= 0.3 is 0 Å². The molecule has 7 heteroatoms. The van der Waals surface area contributed by atoms with Crippen LogP contribution in [0.2, 0.25) is 0 Å². The van der Waals surface area contributed by atoms with Gasteiger partial charge < -0.3 is 20.6 Å². The van der Waals surface area contributed by atoms with Crippen LogP contribution in [0.5, 0.6) is 5.75 Å². The highest BCUT2D eigenvalue weighted by Gasteiger charge is 2.55. The number of rotatable bonds is 10. The summed E-state index contributed by atoms with van der Waals surface area (Å²) in [5.74, 6) is -2.28. The molecular formula is C36H40N2O5. The molecule has 4 N–H and O–H groups in total. The van der Waals surface area contributed by atoms with E-state index in [1.807, 2.05) is 75.4 Å². The van der Waals surface area contributed by atoms with E-state index in [1.165, 1.54) is 4.90 Å². The summed E-state index contributed by atoms with van der Waals surface area (Å²) in [4.78, 5) is 28.9. The van der Waals surface area contributed by atoms with Gasteiger partial charge in [-0.3, -0.25) is 14.5 Å². The predicted molar refractivity (Wildman–Crippen MR) is 170 cm³/mol. The summed E-state index contributed by atoms with van der Waals surface area (Å²) in [5, 5.41) is 35.2. The Morgan fingerprint density at radius 2 is 1.67 bits per heavy atom. The lowest BCUT2D eigenvalue weighted by atomic mass is 9.66. The molecule has 2 amide bonds. The van der Waals surface area contributed by atoms with Crippen molar-refractivity contribution >= 4 is 35.0 Å². The number of carbonyl (C=O) groups excluding carboxylic acids is 2. The summed E-state index contributed by atoms with van der Waals surface area (Å²) in [5.41, 5.74) is 5.84. The van der Waals surface area contributed by atoms with Gasteiger partial charge in [0.2, 0.25) is 11.8 Å². The van der Waals surface area contributed by atoms with Crippen LogP contribution in [0.25, 0.3) is 6.08 Å². The summed E-state index contributed by atoms with van der Waals surface area (Å²) in [6.07, 6.45) is 2.52. The standard InChI is InChI=1S/C36H40N2O5/c1-22(2)29-20-30-34(31(21-39)33(29)32(41)17-12-23(3)18-24-8-7-11-28(40)19-24)36(43)38(35(30)42)27-15-13-26(14-16-27)37-25-9-5-4-6-10-25/h4-11,13-16,18-19,22,30-32,34,37,39-41H,12,17,20-21H2,1-3H3/b23-18+/t30-,31+,32-,34-/m1/s1. The van der Waals surface area contributed by atoms with Crippen molar-refractivity contribution in [2.45, 2.75) is 46.1 Å². The third-order valence-corrected chi connectivity index (χ3v) is 8.66. The molecule has 43 heavy (non-hydrogen) atoms. The van der Waals surface area contributed by atoms with Crippen molar-refractivity contribution < 1.29 is 24.9 Å². The van der Waals surface area contributed by atoms with Crippen molar-refractivity contribution in [1.82, 2.24) is 0 Å². The van der Waals surface area contributed by atoms with E-state index in [0.29, 0.717) is 30.5 Å². The molecule has 4 atom stereocenters. The molecule has 3 aromatic carbocycles. The second kappa shape index (κ2) is 13.0. The normalized spacial score (nSPS) is 21.4. The fourth-order valence-corrected chi connectivity index (χ4v) is 6.57. The van der Waals surface area contributed by atoms with Crippen LogP contribution in [0, 0.1) is 23.7 Å². The van der Waals surface area contributed by atoms with Crippen molar-refractivity contribution in [3.8, 4) is 5.75 Å². The van der Waals surface area contributed by atoms with Crippen LogP contribution >= 0.6 is 0 Å². The monoisotopic (exact) mass is 580 g/mol. The second-order valence-corrected chi connectivity index (χ2v) is 12.0. The minimum Gasteiger partial charge on any atom is -0.508 e. The first-order chi connectivity index (χ1) is 20.7. The Labute approximate surface area is 253 Å². The van der Waals surface area contributed by atoms with E-state index in [-0.39, 0.29) is 30.1 Å². The molecular weight excluding hydrogens is 540 g/mol. The molecule has 0 saturated carbocycles. The molecule has 1 aliphatic heterocycles. The van der Waals surface area contributed by atoms with Crippen molar-refractivity contribution in [1.29, 1.82) is 0 Å². The Kier molecular flexibility index (Phi) is 9.14. The molecule has 0 unspecified atom stereocenters. The van der Waals surface area contributed by atoms with Gasteiger partial charge in [0, 0.05) is 17.3 Å². The maximum Gasteiger partial charge on any atom is 0.238 e. The van der Waals surface area contributed by atoms with E-state index >= 15 is 0 Å². The third kappa shape index (κ3) is 6.43. The molecule has 2 aliphatic rings. The van der Waals surface area contributed by atoms with Gasteiger partial charge in [0.15, 0.2) is 0 Å². The van der Waals surface area contributed by atoms with Crippen molar-refractivity contribution in [2.24, 2.45) is 23.7 Å². The number of nitrogens with zero attached hydrogens (tertiary/aromatic N) is 1. The molecule has 1 aliphatic carbocycles. The number of carbonyl (C=O) groups is 2. The maximum absolute atomic E-state index is 13.9. The van der Waals surface area contributed by atoms with Crippen LogP contribution < -0.4 is 10.2 Å². The fourth-order valence-electron chi connectivity index (χ4n) is 6.57. The quantitative estimate of drug-likeness (QED) is 0.162. The van der Waals surface area contributed by atoms with Crippen LogP contribution in [0.4, 0.5) is 17.1 Å². The lowest BCUT2D eigenvalue weighted by Gasteiger charge is -2.38. The van der Waals surface area contributed by atoms with Gasteiger partial charge in [-0.25, -0.2) is 0 Å². The van der Waals surface area contributed by atoms with Crippen LogP contribution in [-0.2, 0) is 9.59 Å². The molecule has 5 rings (SSSR count). The number of hydrogen-bond acceptors (Lipinski definition) is 6. The zero-order chi connectivity index (χ0) is 30.7. The van der Waals surface area contributed by atoms with Gasteiger partial charge in [-0.1, -0.05) is 61.4 Å². The van der Waals surface area contributed by atoms with E-state index < -0.39 is 23.9 Å². The maximum atomic E-state index is 13.9. The minimum atomic E-state index is -0.858. The van der Waals surface area contributed by atoms with Gasteiger partial charge in [0.25, 0.3) is 0 Å². The van der Waals surface area contributed by atoms with Crippen LogP contribution in [0.15, 0.2) is 95.6 Å². The van der Waals surface area contributed by atoms with E-state index in [4.69, 9.17) is 0 Å². The molecule has 0 bridgehead atoms.